The zero-order valence-electron chi connectivity index (χ0n) is 14.8. The first kappa shape index (κ1) is 19.1. The van der Waals surface area contributed by atoms with Crippen molar-refractivity contribution in [2.45, 2.75) is 18.2 Å². The summed E-state index contributed by atoms with van der Waals surface area (Å²) in [5.41, 5.74) is 0.764. The molecule has 1 amide bonds. The zero-order valence-corrected chi connectivity index (χ0v) is 16.4. The van der Waals surface area contributed by atoms with E-state index in [1.807, 2.05) is 6.92 Å². The van der Waals surface area contributed by atoms with Crippen molar-refractivity contribution < 1.29 is 18.0 Å². The van der Waals surface area contributed by atoms with E-state index in [1.54, 1.807) is 0 Å². The smallest absolute Gasteiger partial charge is 0.266 e. The lowest BCUT2D eigenvalue weighted by atomic mass is 10.3. The number of hydrogen-bond acceptors (Lipinski definition) is 9. The second-order valence-electron chi connectivity index (χ2n) is 5.58. The molecule has 0 saturated carbocycles. The quantitative estimate of drug-likeness (QED) is 0.581. The summed E-state index contributed by atoms with van der Waals surface area (Å²) in [6.45, 7) is 1.58. The molecule has 0 radical (unpaired) electrons. The highest BCUT2D eigenvalue weighted by Crippen LogP contribution is 2.19. The summed E-state index contributed by atoms with van der Waals surface area (Å²) in [5, 5.41) is 19.2. The Hall–Kier alpha value is -2.64. The molecule has 3 rings (SSSR count). The van der Waals surface area contributed by atoms with Crippen molar-refractivity contribution in [2.75, 3.05) is 26.0 Å². The van der Waals surface area contributed by atoms with Gasteiger partial charge < -0.3 is 4.84 Å². The molecule has 1 N–H and O–H groups in total. The Bertz CT molecular complexity index is 1070. The molecule has 0 aliphatic carbocycles. The maximum absolute atomic E-state index is 12.3. The number of nitrogens with zero attached hydrogens (tertiary/aromatic N) is 6. The summed E-state index contributed by atoms with van der Waals surface area (Å²) < 4.78 is 25.6. The van der Waals surface area contributed by atoms with Crippen molar-refractivity contribution in [1.82, 2.24) is 29.7 Å². The van der Waals surface area contributed by atoms with E-state index in [9.17, 15) is 13.2 Å². The average Bonchev–Trinajstić information content (AvgIpc) is 3.25. The molecule has 144 valence electrons. The van der Waals surface area contributed by atoms with Crippen LogP contribution < -0.4 is 10.2 Å². The Morgan fingerprint density at radius 2 is 2.07 bits per heavy atom. The number of carbonyl (C=O) groups is 1. The second kappa shape index (κ2) is 7.54. The molecule has 3 aromatic rings. The van der Waals surface area contributed by atoms with Crippen LogP contribution in [0, 0.1) is 0 Å². The van der Waals surface area contributed by atoms with E-state index in [-0.39, 0.29) is 11.5 Å². The molecule has 0 atom stereocenters. The van der Waals surface area contributed by atoms with E-state index in [1.165, 1.54) is 43.6 Å². The molecule has 27 heavy (non-hydrogen) atoms. The predicted molar refractivity (Wildman–Crippen MR) is 97.8 cm³/mol. The van der Waals surface area contributed by atoms with Crippen molar-refractivity contribution in [3.8, 4) is 0 Å². The molecule has 0 aliphatic rings. The summed E-state index contributed by atoms with van der Waals surface area (Å²) in [4.78, 5) is 18.4. The molecular formula is C14H17N7O4S2. The van der Waals surface area contributed by atoms with Crippen molar-refractivity contribution in [1.29, 1.82) is 0 Å². The van der Waals surface area contributed by atoms with Crippen molar-refractivity contribution in [3.05, 3.63) is 23.2 Å². The highest BCUT2D eigenvalue weighted by molar-refractivity contribution is 7.89. The standard InChI is InChI=1S/C14H17N7O4S2/c1-4-13-17-18-14(26-13)15-12(22)8-25-21-11-7-9(27(23,24)20(2)3)5-6-10(11)16-19-21/h5-7H,4,8H2,1-3H3,(H,15,18,22). The van der Waals surface area contributed by atoms with Gasteiger partial charge in [-0.1, -0.05) is 23.1 Å². The average molecular weight is 411 g/mol. The number of anilines is 1. The van der Waals surface area contributed by atoms with E-state index >= 15 is 0 Å². The molecule has 2 heterocycles. The maximum atomic E-state index is 12.3. The number of aryl methyl sites for hydroxylation is 1. The third-order valence-electron chi connectivity index (χ3n) is 3.50. The van der Waals surface area contributed by atoms with E-state index in [0.717, 1.165) is 20.6 Å². The fourth-order valence-corrected chi connectivity index (χ4v) is 3.68. The normalized spacial score (nSPS) is 11.9. The Morgan fingerprint density at radius 1 is 1.30 bits per heavy atom. The van der Waals surface area contributed by atoms with Crippen LogP contribution in [0.3, 0.4) is 0 Å². The fraction of sp³-hybridized carbons (Fsp3) is 0.357. The highest BCUT2D eigenvalue weighted by atomic mass is 32.2. The summed E-state index contributed by atoms with van der Waals surface area (Å²) in [7, 11) is -0.744. The van der Waals surface area contributed by atoms with E-state index in [4.69, 9.17) is 4.84 Å². The summed E-state index contributed by atoms with van der Waals surface area (Å²) in [6, 6.07) is 4.34. The Labute approximate surface area is 159 Å². The Kier molecular flexibility index (Phi) is 5.34. The lowest BCUT2D eigenvalue weighted by Gasteiger charge is -2.11. The van der Waals surface area contributed by atoms with Crippen LogP contribution in [0.5, 0.6) is 0 Å². The van der Waals surface area contributed by atoms with Gasteiger partial charge in [0.15, 0.2) is 6.61 Å². The number of sulfonamides is 1. The van der Waals surface area contributed by atoms with Gasteiger partial charge in [0.1, 0.15) is 16.0 Å². The third-order valence-corrected chi connectivity index (χ3v) is 6.29. The number of nitrogens with one attached hydrogen (secondary N) is 1. The van der Waals surface area contributed by atoms with Gasteiger partial charge >= 0.3 is 0 Å². The number of aromatic nitrogens is 5. The maximum Gasteiger partial charge on any atom is 0.266 e. The molecule has 11 nitrogen and oxygen atoms in total. The predicted octanol–water partition coefficient (Wildman–Crippen LogP) is 0.163. The number of hydrogen-bond donors (Lipinski definition) is 1. The monoisotopic (exact) mass is 411 g/mol. The van der Waals surface area contributed by atoms with Gasteiger partial charge in [0, 0.05) is 14.1 Å². The van der Waals surface area contributed by atoms with Crippen molar-refractivity contribution in [2.24, 2.45) is 0 Å². The summed E-state index contributed by atoms with van der Waals surface area (Å²) in [6.07, 6.45) is 0.729. The van der Waals surface area contributed by atoms with Gasteiger partial charge in [0.25, 0.3) is 5.91 Å². The first-order valence-corrected chi connectivity index (χ1v) is 10.1. The van der Waals surface area contributed by atoms with Gasteiger partial charge in [-0.15, -0.1) is 15.3 Å². The molecule has 1 aromatic carbocycles. The molecule has 0 aliphatic heterocycles. The van der Waals surface area contributed by atoms with Crippen LogP contribution in [0.1, 0.15) is 11.9 Å². The van der Waals surface area contributed by atoms with Gasteiger partial charge in [0.2, 0.25) is 15.2 Å². The lowest BCUT2D eigenvalue weighted by molar-refractivity contribution is -0.121. The van der Waals surface area contributed by atoms with Crippen molar-refractivity contribution >= 4 is 43.4 Å². The van der Waals surface area contributed by atoms with Gasteiger partial charge in [-0.2, -0.15) is 0 Å². The number of rotatable bonds is 7. The SMILES string of the molecule is CCc1nnc(NC(=O)COn2nnc3ccc(S(=O)(=O)N(C)C)cc32)s1. The molecule has 0 fully saturated rings. The second-order valence-corrected chi connectivity index (χ2v) is 8.79. The van der Waals surface area contributed by atoms with Crippen LogP contribution in [0.4, 0.5) is 5.13 Å². The molecule has 2 aromatic heterocycles. The fourth-order valence-electron chi connectivity index (χ4n) is 2.07. The van der Waals surface area contributed by atoms with E-state index < -0.39 is 15.9 Å². The first-order chi connectivity index (χ1) is 12.8. The minimum atomic E-state index is -3.62. The summed E-state index contributed by atoms with van der Waals surface area (Å²) >= 11 is 1.28. The largest absolute Gasteiger partial charge is 0.385 e. The highest BCUT2D eigenvalue weighted by Gasteiger charge is 2.19. The minimum absolute atomic E-state index is 0.0672. The minimum Gasteiger partial charge on any atom is -0.385 e. The molecule has 0 bridgehead atoms. The van der Waals surface area contributed by atoms with Crippen LogP contribution in [0.15, 0.2) is 23.1 Å². The molecule has 0 unspecified atom stereocenters. The van der Waals surface area contributed by atoms with E-state index in [2.05, 4.69) is 25.8 Å². The third kappa shape index (κ3) is 4.04. The summed E-state index contributed by atoms with van der Waals surface area (Å²) in [5.74, 6) is -0.450. The van der Waals surface area contributed by atoms with E-state index in [0.29, 0.717) is 16.2 Å². The molecule has 13 heteroatoms. The number of benzene rings is 1. The zero-order chi connectivity index (χ0) is 19.6. The topological polar surface area (TPSA) is 132 Å². The van der Waals surface area contributed by atoms with Crippen LogP contribution >= 0.6 is 11.3 Å². The van der Waals surface area contributed by atoms with Crippen LogP contribution in [0.2, 0.25) is 0 Å². The number of carbonyl (C=O) groups excluding carboxylic acids is 1. The van der Waals surface area contributed by atoms with Crippen LogP contribution in [-0.2, 0) is 21.2 Å². The lowest BCUT2D eigenvalue weighted by Crippen LogP contribution is -2.26. The van der Waals surface area contributed by atoms with Gasteiger partial charge in [-0.3, -0.25) is 10.1 Å². The Balaban J connectivity index is 1.74. The molecule has 0 saturated heterocycles. The molecular weight excluding hydrogens is 394 g/mol. The van der Waals surface area contributed by atoms with Gasteiger partial charge in [-0.25, -0.2) is 12.7 Å². The van der Waals surface area contributed by atoms with Gasteiger partial charge in [-0.05, 0) is 29.8 Å². The number of amides is 1. The van der Waals surface area contributed by atoms with Crippen LogP contribution in [-0.4, -0.2) is 64.7 Å². The Morgan fingerprint density at radius 3 is 2.74 bits per heavy atom. The van der Waals surface area contributed by atoms with Crippen molar-refractivity contribution in [3.63, 3.8) is 0 Å². The van der Waals surface area contributed by atoms with Gasteiger partial charge in [0.05, 0.1) is 4.90 Å². The number of fused-ring (bicyclic) bond motifs is 1. The van der Waals surface area contributed by atoms with Crippen LogP contribution in [0.25, 0.3) is 11.0 Å². The first-order valence-electron chi connectivity index (χ1n) is 7.84. The molecule has 0 spiro atoms.